The zero-order chi connectivity index (χ0) is 7.49. The van der Waals surface area contributed by atoms with Crippen LogP contribution in [0.4, 0.5) is 0 Å². The van der Waals surface area contributed by atoms with Gasteiger partial charge in [-0.25, -0.2) is 0 Å². The highest BCUT2D eigenvalue weighted by atomic mass is 31.2. The molecular weight excluding hydrogens is 145 g/mol. The smallest absolute Gasteiger partial charge is 0.345 e. The number of nitrogens with one attached hydrogen (secondary N) is 1. The van der Waals surface area contributed by atoms with Gasteiger partial charge in [-0.2, -0.15) is 0 Å². The van der Waals surface area contributed by atoms with Gasteiger partial charge in [-0.05, 0) is 6.92 Å². The van der Waals surface area contributed by atoms with Crippen LogP contribution >= 0.6 is 7.60 Å². The van der Waals surface area contributed by atoms with Gasteiger partial charge >= 0.3 is 7.60 Å². The molecule has 1 unspecified atom stereocenters. The lowest BCUT2D eigenvalue weighted by Gasteiger charge is -2.10. The fourth-order valence-electron chi connectivity index (χ4n) is 0.196. The van der Waals surface area contributed by atoms with E-state index < -0.39 is 13.4 Å². The summed E-state index contributed by atoms with van der Waals surface area (Å²) in [6.45, 7) is 1.23. The average Bonchev–Trinajstić information content (AvgIpc) is 1.64. The maximum Gasteiger partial charge on any atom is 0.347 e. The number of carbonyl (C=O) groups is 1. The Kier molecular flexibility index (Phi) is 2.84. The minimum atomic E-state index is -4.12. The Labute approximate surface area is 52.2 Å². The predicted molar refractivity (Wildman–Crippen MR) is 30.7 cm³/mol. The van der Waals surface area contributed by atoms with Crippen LogP contribution in [0.1, 0.15) is 6.92 Å². The molecule has 0 fully saturated rings. The van der Waals surface area contributed by atoms with E-state index in [1.807, 2.05) is 5.32 Å². The van der Waals surface area contributed by atoms with E-state index in [0.717, 1.165) is 0 Å². The molecular formula is C3H8NO4P. The quantitative estimate of drug-likeness (QED) is 0.368. The number of carbonyl (C=O) groups excluding carboxylic acids is 1. The van der Waals surface area contributed by atoms with Crippen molar-refractivity contribution in [2.45, 2.75) is 12.7 Å². The Morgan fingerprint density at radius 1 is 1.67 bits per heavy atom. The van der Waals surface area contributed by atoms with Gasteiger partial charge in [0.25, 0.3) is 0 Å². The molecule has 1 atom stereocenters. The van der Waals surface area contributed by atoms with Gasteiger partial charge in [-0.3, -0.25) is 9.36 Å². The molecule has 0 saturated heterocycles. The summed E-state index contributed by atoms with van der Waals surface area (Å²) in [5.41, 5.74) is 0. The van der Waals surface area contributed by atoms with Gasteiger partial charge < -0.3 is 15.1 Å². The Bertz CT molecular complexity index is 141. The minimum absolute atomic E-state index is 0.254. The summed E-state index contributed by atoms with van der Waals surface area (Å²) in [4.78, 5) is 26.2. The Balaban J connectivity index is 3.88. The summed E-state index contributed by atoms with van der Waals surface area (Å²) in [7, 11) is -4.12. The van der Waals surface area contributed by atoms with Crippen molar-refractivity contribution >= 4 is 14.0 Å². The van der Waals surface area contributed by atoms with Gasteiger partial charge in [0, 0.05) is 0 Å². The largest absolute Gasteiger partial charge is 0.347 e. The third-order valence-electron chi connectivity index (χ3n) is 0.814. The van der Waals surface area contributed by atoms with Crippen LogP contribution in [0.25, 0.3) is 0 Å². The van der Waals surface area contributed by atoms with Crippen LogP contribution in [-0.4, -0.2) is 22.0 Å². The Hall–Kier alpha value is -0.380. The molecule has 0 spiro atoms. The van der Waals surface area contributed by atoms with E-state index in [1.54, 1.807) is 0 Å². The van der Waals surface area contributed by atoms with E-state index >= 15 is 0 Å². The lowest BCUT2D eigenvalue weighted by molar-refractivity contribution is -0.109. The van der Waals surface area contributed by atoms with E-state index in [2.05, 4.69) is 0 Å². The summed E-state index contributed by atoms with van der Waals surface area (Å²) < 4.78 is 10.2. The highest BCUT2D eigenvalue weighted by molar-refractivity contribution is 7.52. The number of rotatable bonds is 3. The number of hydrogen-bond donors (Lipinski definition) is 3. The van der Waals surface area contributed by atoms with Crippen molar-refractivity contribution in [3.8, 4) is 0 Å². The first kappa shape index (κ1) is 8.62. The van der Waals surface area contributed by atoms with E-state index in [0.29, 0.717) is 0 Å². The number of hydrogen-bond acceptors (Lipinski definition) is 2. The Morgan fingerprint density at radius 2 is 2.11 bits per heavy atom. The van der Waals surface area contributed by atoms with Crippen molar-refractivity contribution < 1.29 is 19.1 Å². The summed E-state index contributed by atoms with van der Waals surface area (Å²) in [5.74, 6) is -1.09. The standard InChI is InChI=1S/C3H8NO4P/c1-3(4-2-5)9(6,7)8/h2-3H,1H3,(H,4,5)(H2,6,7,8). The molecule has 5 nitrogen and oxygen atoms in total. The molecule has 0 aromatic carbocycles. The molecule has 3 N–H and O–H groups in total. The molecule has 0 bridgehead atoms. The van der Waals surface area contributed by atoms with Gasteiger partial charge in [0.2, 0.25) is 6.41 Å². The van der Waals surface area contributed by atoms with E-state index in [-0.39, 0.29) is 6.41 Å². The minimum Gasteiger partial charge on any atom is -0.345 e. The molecule has 0 saturated carbocycles. The van der Waals surface area contributed by atoms with Crippen LogP contribution in [0.2, 0.25) is 0 Å². The molecule has 0 rings (SSSR count). The van der Waals surface area contributed by atoms with Crippen LogP contribution < -0.4 is 5.32 Å². The van der Waals surface area contributed by atoms with Gasteiger partial charge in [-0.1, -0.05) is 0 Å². The molecule has 0 aliphatic rings. The molecule has 54 valence electrons. The topological polar surface area (TPSA) is 86.6 Å². The molecule has 0 radical (unpaired) electrons. The van der Waals surface area contributed by atoms with Crippen LogP contribution in [0.5, 0.6) is 0 Å². The third kappa shape index (κ3) is 3.24. The highest BCUT2D eigenvalue weighted by Gasteiger charge is 2.22. The second-order valence-corrected chi connectivity index (χ2v) is 3.50. The molecule has 0 heterocycles. The average molecular weight is 153 g/mol. The first-order valence-corrected chi connectivity index (χ1v) is 3.91. The van der Waals surface area contributed by atoms with E-state index in [1.165, 1.54) is 6.92 Å². The third-order valence-corrected chi connectivity index (χ3v) is 1.97. The molecule has 6 heteroatoms. The summed E-state index contributed by atoms with van der Waals surface area (Å²) in [5, 5.41) is 1.94. The number of amides is 1. The zero-order valence-electron chi connectivity index (χ0n) is 4.81. The fourth-order valence-corrected chi connectivity index (χ4v) is 0.451. The lowest BCUT2D eigenvalue weighted by atomic mass is 10.8. The molecule has 9 heavy (non-hydrogen) atoms. The second kappa shape index (κ2) is 2.96. The predicted octanol–water partition coefficient (Wildman–Crippen LogP) is -0.744. The first-order valence-electron chi connectivity index (χ1n) is 2.23. The van der Waals surface area contributed by atoms with Crippen molar-refractivity contribution in [1.82, 2.24) is 5.32 Å². The monoisotopic (exact) mass is 153 g/mol. The summed E-state index contributed by atoms with van der Waals surface area (Å²) in [6.07, 6.45) is 0.254. The maximum absolute atomic E-state index is 10.2. The molecule has 0 aliphatic heterocycles. The van der Waals surface area contributed by atoms with Crippen LogP contribution in [0.15, 0.2) is 0 Å². The van der Waals surface area contributed by atoms with Gasteiger partial charge in [0.1, 0.15) is 5.78 Å². The molecule has 0 aromatic rings. The highest BCUT2D eigenvalue weighted by Crippen LogP contribution is 2.38. The van der Waals surface area contributed by atoms with Gasteiger partial charge in [0.15, 0.2) is 0 Å². The van der Waals surface area contributed by atoms with Crippen molar-refractivity contribution in [3.63, 3.8) is 0 Å². The Morgan fingerprint density at radius 3 is 2.22 bits per heavy atom. The summed E-state index contributed by atoms with van der Waals surface area (Å²) >= 11 is 0. The van der Waals surface area contributed by atoms with Gasteiger partial charge in [0.05, 0.1) is 0 Å². The first-order chi connectivity index (χ1) is 3.98. The van der Waals surface area contributed by atoms with E-state index in [4.69, 9.17) is 9.79 Å². The molecule has 0 aliphatic carbocycles. The van der Waals surface area contributed by atoms with E-state index in [9.17, 15) is 9.36 Å². The molecule has 0 aromatic heterocycles. The van der Waals surface area contributed by atoms with Crippen molar-refractivity contribution in [1.29, 1.82) is 0 Å². The van der Waals surface area contributed by atoms with Crippen LogP contribution in [-0.2, 0) is 9.36 Å². The fraction of sp³-hybridized carbons (Fsp3) is 0.667. The van der Waals surface area contributed by atoms with Crippen molar-refractivity contribution in [2.24, 2.45) is 0 Å². The normalized spacial score (nSPS) is 14.6. The maximum atomic E-state index is 10.2. The second-order valence-electron chi connectivity index (χ2n) is 1.55. The van der Waals surface area contributed by atoms with Gasteiger partial charge in [-0.15, -0.1) is 0 Å². The molecule has 1 amide bonds. The lowest BCUT2D eigenvalue weighted by Crippen LogP contribution is -2.23. The van der Waals surface area contributed by atoms with Crippen molar-refractivity contribution in [3.05, 3.63) is 0 Å². The van der Waals surface area contributed by atoms with Crippen LogP contribution in [0, 0.1) is 0 Å². The summed E-state index contributed by atoms with van der Waals surface area (Å²) in [6, 6.07) is 0. The zero-order valence-corrected chi connectivity index (χ0v) is 5.71. The van der Waals surface area contributed by atoms with Crippen molar-refractivity contribution in [2.75, 3.05) is 0 Å². The van der Waals surface area contributed by atoms with Crippen LogP contribution in [0.3, 0.4) is 0 Å². The SMILES string of the molecule is CC(NC=O)P(=O)(O)O.